The molecule has 0 aliphatic carbocycles. The van der Waals surface area contributed by atoms with Crippen LogP contribution in [0.15, 0.2) is 0 Å². The Hall–Kier alpha value is 0.310. The molecule has 3 rings (SSSR count). The van der Waals surface area contributed by atoms with E-state index in [1.165, 1.54) is 19.6 Å². The van der Waals surface area contributed by atoms with E-state index < -0.39 is 0 Å². The second-order valence-corrected chi connectivity index (χ2v) is 3.93. The predicted molar refractivity (Wildman–Crippen MR) is 63.5 cm³/mol. The fraction of sp³-hybridized carbons (Fsp3) is 1.00. The van der Waals surface area contributed by atoms with E-state index in [9.17, 15) is 0 Å². The summed E-state index contributed by atoms with van der Waals surface area (Å²) in [5, 5.41) is 9.29. The van der Waals surface area contributed by atoms with Gasteiger partial charge in [-0.1, -0.05) is 0 Å². The van der Waals surface area contributed by atoms with Gasteiger partial charge in [-0.3, -0.25) is 0 Å². The second-order valence-electron chi connectivity index (χ2n) is 3.93. The quantitative estimate of drug-likeness (QED) is 0.385. The fourth-order valence-electron chi connectivity index (χ4n) is 0.354. The van der Waals surface area contributed by atoms with E-state index in [-0.39, 0.29) is 9.90 Å². The van der Waals surface area contributed by atoms with Crippen molar-refractivity contribution in [3.63, 3.8) is 0 Å². The minimum Gasteiger partial charge on any atom is -0.311 e. The van der Waals surface area contributed by atoms with Crippen LogP contribution in [0.2, 0.25) is 0 Å². The first-order chi connectivity index (χ1) is 5.68. The lowest BCUT2D eigenvalue weighted by Crippen LogP contribution is -1.72. The topological polar surface area (TPSA) is 65.8 Å². The van der Waals surface area contributed by atoms with E-state index in [4.69, 9.17) is 0 Å². The van der Waals surface area contributed by atoms with Crippen LogP contribution in [0, 0.1) is 0 Å². The minimum atomic E-state index is 0. The van der Waals surface area contributed by atoms with E-state index in [0.717, 1.165) is 18.1 Å². The Morgan fingerprint density at radius 1 is 0.692 bits per heavy atom. The van der Waals surface area contributed by atoms with Crippen molar-refractivity contribution in [3.05, 3.63) is 0 Å². The van der Waals surface area contributed by atoms with Gasteiger partial charge in [0.1, 0.15) is 0 Å². The van der Waals surface area contributed by atoms with E-state index >= 15 is 0 Å². The van der Waals surface area contributed by atoms with Crippen LogP contribution < -0.4 is 16.0 Å². The van der Waals surface area contributed by atoms with Gasteiger partial charge in [-0.25, -0.2) is 0 Å². The number of nitrogens with one attached hydrogen (secondary N) is 3. The first kappa shape index (κ1) is 13.3. The van der Waals surface area contributed by atoms with Crippen LogP contribution in [-0.4, -0.2) is 37.8 Å². The van der Waals surface area contributed by atoms with Gasteiger partial charge in [0.15, 0.2) is 0 Å². The van der Waals surface area contributed by atoms with Crippen molar-refractivity contribution in [3.8, 4) is 0 Å². The van der Waals surface area contributed by atoms with Gasteiger partial charge in [0.05, 0.1) is 0 Å². The smallest absolute Gasteiger partial charge is 0.0164 e. The van der Waals surface area contributed by atoms with Crippen LogP contribution in [-0.2, 0) is 0 Å². The van der Waals surface area contributed by atoms with E-state index in [1.54, 1.807) is 0 Å². The molecule has 80 valence electrons. The first-order valence-electron chi connectivity index (χ1n) is 4.88. The molecule has 4 atom stereocenters. The maximum atomic E-state index is 3.10. The number of hydrogen-bond acceptors (Lipinski definition) is 3. The van der Waals surface area contributed by atoms with Crippen LogP contribution in [0.25, 0.3) is 0 Å². The summed E-state index contributed by atoms with van der Waals surface area (Å²) in [6.45, 7) is 10.2. The monoisotopic (exact) mass is 205 g/mol. The zero-order valence-electron chi connectivity index (χ0n) is 9.06. The average Bonchev–Trinajstić information content (AvgIpc) is 2.63. The summed E-state index contributed by atoms with van der Waals surface area (Å²) in [7, 11) is 0. The van der Waals surface area contributed by atoms with Crippen LogP contribution >= 0.6 is 9.90 Å². The normalized spacial score (nSPS) is 36.7. The second kappa shape index (κ2) is 6.72. The first-order valence-corrected chi connectivity index (χ1v) is 4.88. The molecule has 0 radical (unpaired) electrons. The van der Waals surface area contributed by atoms with Crippen molar-refractivity contribution in [2.24, 2.45) is 0 Å². The highest BCUT2D eigenvalue weighted by Gasteiger charge is 2.10. The van der Waals surface area contributed by atoms with E-state index in [0.29, 0.717) is 0 Å². The Labute approximate surface area is 85.1 Å². The summed E-state index contributed by atoms with van der Waals surface area (Å²) >= 11 is 0. The molecule has 0 bridgehead atoms. The molecule has 0 spiro atoms. The maximum absolute atomic E-state index is 3.10. The highest BCUT2D eigenvalue weighted by molar-refractivity contribution is 6.92. The van der Waals surface area contributed by atoms with Crippen molar-refractivity contribution >= 4 is 9.90 Å². The molecule has 0 aromatic carbocycles. The molecule has 4 unspecified atom stereocenters. The summed E-state index contributed by atoms with van der Waals surface area (Å²) in [6, 6.07) is 2.50. The zero-order chi connectivity index (χ0) is 8.97. The molecule has 3 fully saturated rings. The van der Waals surface area contributed by atoms with E-state index in [2.05, 4.69) is 36.7 Å². The van der Waals surface area contributed by atoms with Gasteiger partial charge < -0.3 is 16.0 Å². The fourth-order valence-corrected chi connectivity index (χ4v) is 0.354. The van der Waals surface area contributed by atoms with Gasteiger partial charge in [0, 0.05) is 37.8 Å². The molecule has 3 N–H and O–H groups in total. The summed E-state index contributed by atoms with van der Waals surface area (Å²) in [5.74, 6) is 0. The van der Waals surface area contributed by atoms with Gasteiger partial charge in [-0.05, 0) is 20.8 Å². The average molecular weight is 205 g/mol. The molecule has 0 aromatic rings. The lowest BCUT2D eigenvalue weighted by Gasteiger charge is -1.53. The largest absolute Gasteiger partial charge is 0.311 e. The van der Waals surface area contributed by atoms with Crippen molar-refractivity contribution in [1.82, 2.24) is 16.0 Å². The van der Waals surface area contributed by atoms with Crippen LogP contribution in [0.1, 0.15) is 20.8 Å². The molecular formula is C9H24N3P. The Balaban J connectivity index is 0.000000160. The molecular weight excluding hydrogens is 181 g/mol. The summed E-state index contributed by atoms with van der Waals surface area (Å²) in [6.07, 6.45) is 0. The molecule has 3 aliphatic heterocycles. The third-order valence-electron chi connectivity index (χ3n) is 1.84. The molecule has 13 heavy (non-hydrogen) atoms. The summed E-state index contributed by atoms with van der Waals surface area (Å²) in [4.78, 5) is 0. The highest BCUT2D eigenvalue weighted by atomic mass is 31.0. The van der Waals surface area contributed by atoms with Crippen LogP contribution in [0.3, 0.4) is 0 Å². The van der Waals surface area contributed by atoms with Crippen LogP contribution in [0.5, 0.6) is 0 Å². The Morgan fingerprint density at radius 2 is 0.769 bits per heavy atom. The Bertz CT molecular complexity index is 96.3. The van der Waals surface area contributed by atoms with Crippen molar-refractivity contribution in [2.75, 3.05) is 19.6 Å². The molecule has 4 heteroatoms. The van der Waals surface area contributed by atoms with Crippen LogP contribution in [0.4, 0.5) is 0 Å². The van der Waals surface area contributed by atoms with Crippen molar-refractivity contribution in [2.45, 2.75) is 38.9 Å². The summed E-state index contributed by atoms with van der Waals surface area (Å²) in [5.41, 5.74) is 0. The molecule has 0 saturated carbocycles. The third kappa shape index (κ3) is 15.1. The SMILES string of the molecule is CC1CN1.CC1CN1.CC1CN1.P. The lowest BCUT2D eigenvalue weighted by molar-refractivity contribution is 1.09. The highest BCUT2D eigenvalue weighted by Crippen LogP contribution is 1.89. The van der Waals surface area contributed by atoms with Gasteiger partial charge in [0.2, 0.25) is 0 Å². The van der Waals surface area contributed by atoms with Gasteiger partial charge in [-0.15, -0.1) is 0 Å². The molecule has 3 nitrogen and oxygen atoms in total. The third-order valence-corrected chi connectivity index (χ3v) is 1.84. The Kier molecular flexibility index (Phi) is 6.88. The zero-order valence-corrected chi connectivity index (χ0v) is 10.5. The number of hydrogen-bond donors (Lipinski definition) is 3. The van der Waals surface area contributed by atoms with Gasteiger partial charge in [0.25, 0.3) is 0 Å². The lowest BCUT2D eigenvalue weighted by atomic mass is 10.6. The number of rotatable bonds is 0. The summed E-state index contributed by atoms with van der Waals surface area (Å²) < 4.78 is 0. The predicted octanol–water partition coefficient (Wildman–Crippen LogP) is -0.00760. The van der Waals surface area contributed by atoms with E-state index in [1.807, 2.05) is 0 Å². The van der Waals surface area contributed by atoms with Gasteiger partial charge in [-0.2, -0.15) is 9.90 Å². The molecule has 0 aromatic heterocycles. The minimum absolute atomic E-state index is 0. The Morgan fingerprint density at radius 3 is 0.769 bits per heavy atom. The molecule has 3 saturated heterocycles. The van der Waals surface area contributed by atoms with Crippen molar-refractivity contribution < 1.29 is 0 Å². The standard InChI is InChI=1S/3C3H7N.H3P/c3*1-3-2-4-3;/h3*3-4H,2H2,1H3;1H3. The van der Waals surface area contributed by atoms with Crippen molar-refractivity contribution in [1.29, 1.82) is 0 Å². The maximum Gasteiger partial charge on any atom is 0.0164 e. The molecule has 3 aliphatic rings. The molecule has 0 amide bonds. The van der Waals surface area contributed by atoms with Gasteiger partial charge >= 0.3 is 0 Å². The molecule has 3 heterocycles.